The molecule has 3 bridgehead atoms. The van der Waals surface area contributed by atoms with Crippen molar-refractivity contribution in [2.45, 2.75) is 64.1 Å². The first-order valence-electron chi connectivity index (χ1n) is 10.4. The van der Waals surface area contributed by atoms with Gasteiger partial charge in [0.1, 0.15) is 5.54 Å². The molecule has 4 saturated carbocycles. The molecule has 6 rings (SSSR count). The number of rotatable bonds is 3. The first kappa shape index (κ1) is 17.1. The first-order chi connectivity index (χ1) is 12.8. The van der Waals surface area contributed by atoms with Gasteiger partial charge < -0.3 is 0 Å². The summed E-state index contributed by atoms with van der Waals surface area (Å²) in [6.07, 6.45) is 6.84. The minimum atomic E-state index is -0.489. The number of hydrazine groups is 1. The van der Waals surface area contributed by atoms with Gasteiger partial charge in [0.25, 0.3) is 5.91 Å². The van der Waals surface area contributed by atoms with Crippen molar-refractivity contribution in [2.24, 2.45) is 29.1 Å². The summed E-state index contributed by atoms with van der Waals surface area (Å²) in [6.45, 7) is 4.67. The maximum Gasteiger partial charge on any atom is 0.258 e. The molecule has 1 aromatic carbocycles. The van der Waals surface area contributed by atoms with Gasteiger partial charge in [-0.05, 0) is 87.2 Å². The third kappa shape index (κ3) is 1.97. The van der Waals surface area contributed by atoms with E-state index in [0.717, 1.165) is 17.4 Å². The highest BCUT2D eigenvalue weighted by molar-refractivity contribution is 6.36. The Morgan fingerprint density at radius 3 is 2.22 bits per heavy atom. The molecule has 3 nitrogen and oxygen atoms in total. The van der Waals surface area contributed by atoms with Gasteiger partial charge in [-0.2, -0.15) is 5.01 Å². The van der Waals surface area contributed by atoms with Crippen LogP contribution in [0.25, 0.3) is 0 Å². The molecular formula is C22H26Cl2N2O. The minimum absolute atomic E-state index is 0.274. The molecule has 1 saturated heterocycles. The lowest BCUT2D eigenvalue weighted by atomic mass is 9.56. The number of benzene rings is 1. The highest BCUT2D eigenvalue weighted by Crippen LogP contribution is 2.76. The first-order valence-corrected chi connectivity index (χ1v) is 11.1. The number of fused-ring (bicyclic) bond motifs is 2. The minimum Gasteiger partial charge on any atom is -0.271 e. The Morgan fingerprint density at radius 1 is 1.04 bits per heavy atom. The van der Waals surface area contributed by atoms with Crippen LogP contribution < -0.4 is 0 Å². The fraction of sp³-hybridized carbons (Fsp3) is 0.682. The molecule has 4 aliphatic carbocycles. The van der Waals surface area contributed by atoms with Crippen LogP contribution in [0.15, 0.2) is 18.2 Å². The average molecular weight is 405 g/mol. The third-order valence-electron chi connectivity index (χ3n) is 8.91. The number of amides is 1. The molecule has 5 fully saturated rings. The zero-order valence-electron chi connectivity index (χ0n) is 15.9. The van der Waals surface area contributed by atoms with Crippen molar-refractivity contribution in [2.75, 3.05) is 0 Å². The van der Waals surface area contributed by atoms with E-state index in [0.29, 0.717) is 39.9 Å². The van der Waals surface area contributed by atoms with Crippen LogP contribution in [-0.4, -0.2) is 27.5 Å². The van der Waals surface area contributed by atoms with E-state index in [1.807, 2.05) is 32.0 Å². The van der Waals surface area contributed by atoms with Crippen molar-refractivity contribution in [3.05, 3.63) is 33.8 Å². The summed E-state index contributed by atoms with van der Waals surface area (Å²) >= 11 is 12.9. The standard InChI is InChI=1S/C22H26Cl2N2O/c1-21(2)20(27)26(25(21)11-16-17(23)4-3-5-18(16)24)19-12-6-14-8-15-7-13(19)10-22(14,15)9-12/h3-5,12-15,19H,6-11H2,1-2H3. The van der Waals surface area contributed by atoms with Crippen LogP contribution >= 0.6 is 23.2 Å². The fourth-order valence-electron chi connectivity index (χ4n) is 7.70. The normalized spacial score (nSPS) is 43.6. The van der Waals surface area contributed by atoms with E-state index in [4.69, 9.17) is 23.2 Å². The van der Waals surface area contributed by atoms with Gasteiger partial charge in [-0.25, -0.2) is 0 Å². The number of halogens is 2. The van der Waals surface area contributed by atoms with E-state index < -0.39 is 5.54 Å². The Hall–Kier alpha value is -0.770. The monoisotopic (exact) mass is 404 g/mol. The van der Waals surface area contributed by atoms with Crippen molar-refractivity contribution in [3.8, 4) is 0 Å². The highest BCUT2D eigenvalue weighted by atomic mass is 35.5. The van der Waals surface area contributed by atoms with Gasteiger partial charge in [-0.1, -0.05) is 29.3 Å². The van der Waals surface area contributed by atoms with E-state index in [1.54, 1.807) is 0 Å². The Labute approximate surface area is 170 Å². The van der Waals surface area contributed by atoms with Crippen LogP contribution in [0.5, 0.6) is 0 Å². The quantitative estimate of drug-likeness (QED) is 0.694. The van der Waals surface area contributed by atoms with Gasteiger partial charge in [0, 0.05) is 22.2 Å². The largest absolute Gasteiger partial charge is 0.271 e. The number of hydrogen-bond donors (Lipinski definition) is 0. The molecule has 0 N–H and O–H groups in total. The Morgan fingerprint density at radius 2 is 1.63 bits per heavy atom. The topological polar surface area (TPSA) is 23.6 Å². The van der Waals surface area contributed by atoms with Gasteiger partial charge in [-0.15, -0.1) is 0 Å². The van der Waals surface area contributed by atoms with Gasteiger partial charge in [0.15, 0.2) is 0 Å². The zero-order chi connectivity index (χ0) is 18.7. The van der Waals surface area contributed by atoms with E-state index in [1.165, 1.54) is 32.1 Å². The second kappa shape index (κ2) is 5.23. The maximum absolute atomic E-state index is 13.2. The van der Waals surface area contributed by atoms with Crippen molar-refractivity contribution < 1.29 is 4.79 Å². The number of carbonyl (C=O) groups excluding carboxylic acids is 1. The summed E-state index contributed by atoms with van der Waals surface area (Å²) in [7, 11) is 0. The van der Waals surface area contributed by atoms with Gasteiger partial charge in [0.05, 0.1) is 6.04 Å². The molecule has 4 atom stereocenters. The molecule has 1 aromatic rings. The van der Waals surface area contributed by atoms with Crippen LogP contribution in [-0.2, 0) is 11.3 Å². The summed E-state index contributed by atoms with van der Waals surface area (Å²) in [5.41, 5.74) is 1.11. The predicted molar refractivity (Wildman–Crippen MR) is 106 cm³/mol. The molecule has 0 radical (unpaired) electrons. The second-order valence-corrected chi connectivity index (χ2v) is 11.0. The second-order valence-electron chi connectivity index (χ2n) is 10.2. The van der Waals surface area contributed by atoms with Gasteiger partial charge in [-0.3, -0.25) is 9.80 Å². The number of carbonyl (C=O) groups is 1. The van der Waals surface area contributed by atoms with E-state index in [-0.39, 0.29) is 5.91 Å². The van der Waals surface area contributed by atoms with E-state index >= 15 is 0 Å². The smallest absolute Gasteiger partial charge is 0.258 e. The molecule has 1 heterocycles. The Balaban J connectivity index is 1.34. The number of nitrogens with zero attached hydrogens (tertiary/aromatic N) is 2. The molecule has 1 aliphatic heterocycles. The van der Waals surface area contributed by atoms with Crippen molar-refractivity contribution in [1.29, 1.82) is 0 Å². The SMILES string of the molecule is CC1(C)C(=O)N(C2C3CC4CC5CC2CC45C3)N1Cc1c(Cl)cccc1Cl. The lowest BCUT2D eigenvalue weighted by Crippen LogP contribution is -2.78. The highest BCUT2D eigenvalue weighted by Gasteiger charge is 2.71. The lowest BCUT2D eigenvalue weighted by Gasteiger charge is -2.61. The summed E-state index contributed by atoms with van der Waals surface area (Å²) in [4.78, 5) is 13.2. The van der Waals surface area contributed by atoms with Crippen LogP contribution in [0.2, 0.25) is 10.0 Å². The van der Waals surface area contributed by atoms with Crippen LogP contribution in [0.4, 0.5) is 0 Å². The average Bonchev–Trinajstić information content (AvgIpc) is 2.99. The van der Waals surface area contributed by atoms with Crippen LogP contribution in [0.3, 0.4) is 0 Å². The molecule has 27 heavy (non-hydrogen) atoms. The molecular weight excluding hydrogens is 379 g/mol. The summed E-state index contributed by atoms with van der Waals surface area (Å²) in [5.74, 6) is 3.53. The Bertz CT molecular complexity index is 808. The number of hydrogen-bond acceptors (Lipinski definition) is 2. The summed E-state index contributed by atoms with van der Waals surface area (Å²) < 4.78 is 0. The van der Waals surface area contributed by atoms with Gasteiger partial charge in [0.2, 0.25) is 0 Å². The molecule has 144 valence electrons. The molecule has 5 heteroatoms. The summed E-state index contributed by atoms with van der Waals surface area (Å²) in [5, 5.41) is 5.75. The fourth-order valence-corrected chi connectivity index (χ4v) is 8.22. The van der Waals surface area contributed by atoms with E-state index in [2.05, 4.69) is 10.0 Å². The molecule has 5 aliphatic rings. The molecule has 1 spiro atoms. The van der Waals surface area contributed by atoms with E-state index in [9.17, 15) is 4.79 Å². The summed E-state index contributed by atoms with van der Waals surface area (Å²) in [6, 6.07) is 6.04. The molecule has 4 unspecified atom stereocenters. The van der Waals surface area contributed by atoms with Crippen LogP contribution in [0, 0.1) is 29.1 Å². The van der Waals surface area contributed by atoms with Crippen molar-refractivity contribution >= 4 is 29.1 Å². The molecule has 1 amide bonds. The van der Waals surface area contributed by atoms with Gasteiger partial charge >= 0.3 is 0 Å². The maximum atomic E-state index is 13.2. The van der Waals surface area contributed by atoms with Crippen molar-refractivity contribution in [1.82, 2.24) is 10.0 Å². The Kier molecular flexibility index (Phi) is 3.31. The predicted octanol–water partition coefficient (Wildman–Crippen LogP) is 5.16. The molecule has 0 aromatic heterocycles. The third-order valence-corrected chi connectivity index (χ3v) is 9.62. The van der Waals surface area contributed by atoms with Crippen molar-refractivity contribution in [3.63, 3.8) is 0 Å². The zero-order valence-corrected chi connectivity index (χ0v) is 17.4. The van der Waals surface area contributed by atoms with Crippen LogP contribution in [0.1, 0.15) is 51.5 Å². The lowest BCUT2D eigenvalue weighted by molar-refractivity contribution is -0.240.